The Bertz CT molecular complexity index is 162. The third kappa shape index (κ3) is 4.12. The molecule has 2 nitrogen and oxygen atoms in total. The van der Waals surface area contributed by atoms with E-state index < -0.39 is 11.7 Å². The Morgan fingerprint density at radius 1 is 1.07 bits per heavy atom. The van der Waals surface area contributed by atoms with Crippen LogP contribution in [0.3, 0.4) is 0 Å². The van der Waals surface area contributed by atoms with Gasteiger partial charge in [0.05, 0.1) is 11.7 Å². The minimum absolute atomic E-state index is 0.485. The molecule has 1 saturated carbocycles. The van der Waals surface area contributed by atoms with Crippen LogP contribution in [-0.2, 0) is 0 Å². The number of rotatable bonds is 7. The number of hydrogen-bond donors (Lipinski definition) is 2. The molecule has 0 heterocycles. The Morgan fingerprint density at radius 2 is 1.67 bits per heavy atom. The van der Waals surface area contributed by atoms with Gasteiger partial charge >= 0.3 is 0 Å². The maximum atomic E-state index is 10.1. The summed E-state index contributed by atoms with van der Waals surface area (Å²) in [6, 6.07) is 0. The molecule has 2 heteroatoms. The van der Waals surface area contributed by atoms with Gasteiger partial charge in [-0.1, -0.05) is 51.9 Å². The van der Waals surface area contributed by atoms with Crippen molar-refractivity contribution in [3.63, 3.8) is 0 Å². The third-order valence-corrected chi connectivity index (χ3v) is 3.67. The van der Waals surface area contributed by atoms with Crippen LogP contribution in [0.1, 0.15) is 71.1 Å². The van der Waals surface area contributed by atoms with E-state index in [1.165, 1.54) is 25.7 Å². The second-order valence-electron chi connectivity index (χ2n) is 5.03. The Kier molecular flexibility index (Phi) is 5.62. The number of hydrogen-bond acceptors (Lipinski definition) is 2. The van der Waals surface area contributed by atoms with Crippen LogP contribution in [0.5, 0.6) is 0 Å². The van der Waals surface area contributed by atoms with Gasteiger partial charge in [-0.05, 0) is 19.3 Å². The van der Waals surface area contributed by atoms with Gasteiger partial charge in [0, 0.05) is 0 Å². The standard InChI is InChI=1S/C13H26O2/c1-2-3-4-5-6-9-12(14)13(15)10-7-8-11-13/h12,14-15H,2-11H2,1H3. The van der Waals surface area contributed by atoms with E-state index >= 15 is 0 Å². The lowest BCUT2D eigenvalue weighted by Crippen LogP contribution is -2.39. The maximum Gasteiger partial charge on any atom is 0.0905 e. The zero-order valence-electron chi connectivity index (χ0n) is 10.0. The van der Waals surface area contributed by atoms with E-state index in [1.54, 1.807) is 0 Å². The molecule has 90 valence electrons. The Labute approximate surface area is 93.7 Å². The largest absolute Gasteiger partial charge is 0.390 e. The lowest BCUT2D eigenvalue weighted by molar-refractivity contribution is -0.0736. The normalized spacial score (nSPS) is 21.8. The fourth-order valence-electron chi connectivity index (χ4n) is 2.53. The molecule has 1 fully saturated rings. The van der Waals surface area contributed by atoms with Gasteiger partial charge in [-0.25, -0.2) is 0 Å². The van der Waals surface area contributed by atoms with Crippen LogP contribution in [0.2, 0.25) is 0 Å². The van der Waals surface area contributed by atoms with E-state index in [4.69, 9.17) is 0 Å². The van der Waals surface area contributed by atoms with Crippen LogP contribution in [0.4, 0.5) is 0 Å². The number of unbranched alkanes of at least 4 members (excludes halogenated alkanes) is 4. The molecular formula is C13H26O2. The lowest BCUT2D eigenvalue weighted by Gasteiger charge is -2.28. The van der Waals surface area contributed by atoms with Crippen molar-refractivity contribution in [1.29, 1.82) is 0 Å². The van der Waals surface area contributed by atoms with Crippen molar-refractivity contribution in [2.24, 2.45) is 0 Å². The molecule has 15 heavy (non-hydrogen) atoms. The Balaban J connectivity index is 2.09. The van der Waals surface area contributed by atoms with Gasteiger partial charge < -0.3 is 10.2 Å². The summed E-state index contributed by atoms with van der Waals surface area (Å²) in [4.78, 5) is 0. The molecule has 1 unspecified atom stereocenters. The molecule has 1 atom stereocenters. The Hall–Kier alpha value is -0.0800. The summed E-state index contributed by atoms with van der Waals surface area (Å²) in [6.45, 7) is 2.20. The van der Waals surface area contributed by atoms with Crippen molar-refractivity contribution in [3.05, 3.63) is 0 Å². The molecule has 0 radical (unpaired) electrons. The van der Waals surface area contributed by atoms with Gasteiger partial charge in [-0.15, -0.1) is 0 Å². The van der Waals surface area contributed by atoms with E-state index in [-0.39, 0.29) is 0 Å². The average molecular weight is 214 g/mol. The predicted molar refractivity (Wildman–Crippen MR) is 62.8 cm³/mol. The molecule has 0 aromatic rings. The molecule has 0 aromatic carbocycles. The molecule has 1 rings (SSSR count). The fraction of sp³-hybridized carbons (Fsp3) is 1.00. The van der Waals surface area contributed by atoms with Crippen LogP contribution < -0.4 is 0 Å². The molecule has 1 aliphatic carbocycles. The van der Waals surface area contributed by atoms with Crippen molar-refractivity contribution in [3.8, 4) is 0 Å². The third-order valence-electron chi connectivity index (χ3n) is 3.67. The summed E-state index contributed by atoms with van der Waals surface area (Å²) in [5.74, 6) is 0. The van der Waals surface area contributed by atoms with Crippen LogP contribution in [0.15, 0.2) is 0 Å². The zero-order chi connectivity index (χ0) is 11.1. The summed E-state index contributed by atoms with van der Waals surface area (Å²) in [6.07, 6.45) is 10.1. The highest BCUT2D eigenvalue weighted by molar-refractivity contribution is 4.90. The highest BCUT2D eigenvalue weighted by Crippen LogP contribution is 2.34. The van der Waals surface area contributed by atoms with Gasteiger partial charge in [0.15, 0.2) is 0 Å². The Morgan fingerprint density at radius 3 is 2.27 bits per heavy atom. The first-order valence-electron chi connectivity index (χ1n) is 6.59. The fourth-order valence-corrected chi connectivity index (χ4v) is 2.53. The van der Waals surface area contributed by atoms with Crippen LogP contribution in [0.25, 0.3) is 0 Å². The van der Waals surface area contributed by atoms with Crippen molar-refractivity contribution in [2.75, 3.05) is 0 Å². The first-order valence-corrected chi connectivity index (χ1v) is 6.59. The van der Waals surface area contributed by atoms with E-state index in [0.29, 0.717) is 0 Å². The van der Waals surface area contributed by atoms with Gasteiger partial charge in [0.1, 0.15) is 0 Å². The molecule has 0 aromatic heterocycles. The molecule has 1 aliphatic rings. The monoisotopic (exact) mass is 214 g/mol. The summed E-state index contributed by atoms with van der Waals surface area (Å²) in [5, 5.41) is 20.0. The van der Waals surface area contributed by atoms with Crippen molar-refractivity contribution < 1.29 is 10.2 Å². The molecule has 0 saturated heterocycles. The van der Waals surface area contributed by atoms with Crippen LogP contribution >= 0.6 is 0 Å². The molecule has 0 amide bonds. The van der Waals surface area contributed by atoms with E-state index in [2.05, 4.69) is 6.92 Å². The quantitative estimate of drug-likeness (QED) is 0.640. The van der Waals surface area contributed by atoms with Crippen LogP contribution in [0, 0.1) is 0 Å². The number of aliphatic hydroxyl groups excluding tert-OH is 1. The van der Waals surface area contributed by atoms with E-state index in [0.717, 1.165) is 38.5 Å². The predicted octanol–water partition coefficient (Wildman–Crippen LogP) is 3.01. The molecule has 2 N–H and O–H groups in total. The van der Waals surface area contributed by atoms with Gasteiger partial charge in [0.2, 0.25) is 0 Å². The van der Waals surface area contributed by atoms with Crippen molar-refractivity contribution in [2.45, 2.75) is 82.8 Å². The second kappa shape index (κ2) is 6.49. The van der Waals surface area contributed by atoms with Crippen molar-refractivity contribution in [1.82, 2.24) is 0 Å². The number of aliphatic hydroxyl groups is 2. The molecular weight excluding hydrogens is 188 g/mol. The van der Waals surface area contributed by atoms with Crippen LogP contribution in [-0.4, -0.2) is 21.9 Å². The summed E-state index contributed by atoms with van der Waals surface area (Å²) >= 11 is 0. The maximum absolute atomic E-state index is 10.1. The van der Waals surface area contributed by atoms with E-state index in [9.17, 15) is 10.2 Å². The van der Waals surface area contributed by atoms with E-state index in [1.807, 2.05) is 0 Å². The highest BCUT2D eigenvalue weighted by Gasteiger charge is 2.37. The molecule has 0 aliphatic heterocycles. The zero-order valence-corrected chi connectivity index (χ0v) is 10.0. The average Bonchev–Trinajstić information content (AvgIpc) is 2.66. The molecule has 0 bridgehead atoms. The smallest absolute Gasteiger partial charge is 0.0905 e. The first kappa shape index (κ1) is 13.0. The molecule has 0 spiro atoms. The summed E-state index contributed by atoms with van der Waals surface area (Å²) in [5.41, 5.74) is -0.745. The minimum Gasteiger partial charge on any atom is -0.390 e. The second-order valence-corrected chi connectivity index (χ2v) is 5.03. The SMILES string of the molecule is CCCCCCCC(O)C1(O)CCCC1. The summed E-state index contributed by atoms with van der Waals surface area (Å²) in [7, 11) is 0. The topological polar surface area (TPSA) is 40.5 Å². The van der Waals surface area contributed by atoms with Gasteiger partial charge in [-0.2, -0.15) is 0 Å². The lowest BCUT2D eigenvalue weighted by atomic mass is 9.91. The van der Waals surface area contributed by atoms with Gasteiger partial charge in [0.25, 0.3) is 0 Å². The van der Waals surface area contributed by atoms with Crippen molar-refractivity contribution >= 4 is 0 Å². The first-order chi connectivity index (χ1) is 7.19. The minimum atomic E-state index is -0.745. The highest BCUT2D eigenvalue weighted by atomic mass is 16.3. The summed E-state index contributed by atoms with van der Waals surface area (Å²) < 4.78 is 0. The van der Waals surface area contributed by atoms with Gasteiger partial charge in [-0.3, -0.25) is 0 Å².